The molecular formula is C13H18FNOS. The summed E-state index contributed by atoms with van der Waals surface area (Å²) in [6.45, 7) is 0. The van der Waals surface area contributed by atoms with Crippen molar-refractivity contribution in [3.63, 3.8) is 0 Å². The van der Waals surface area contributed by atoms with E-state index in [9.17, 15) is 9.50 Å². The number of hydrogen-bond acceptors (Lipinski definition) is 3. The first-order chi connectivity index (χ1) is 8.16. The van der Waals surface area contributed by atoms with Crippen molar-refractivity contribution in [1.82, 2.24) is 0 Å². The second-order valence-electron chi connectivity index (χ2n) is 4.54. The maximum atomic E-state index is 12.9. The molecule has 0 spiro atoms. The lowest BCUT2D eigenvalue weighted by atomic mass is 10.1. The van der Waals surface area contributed by atoms with Gasteiger partial charge in [0.25, 0.3) is 0 Å². The van der Waals surface area contributed by atoms with Crippen LogP contribution < -0.4 is 5.73 Å². The van der Waals surface area contributed by atoms with Gasteiger partial charge in [-0.25, -0.2) is 4.39 Å². The average Bonchev–Trinajstić information content (AvgIpc) is 2.48. The Kier molecular flexibility index (Phi) is 4.29. The van der Waals surface area contributed by atoms with Gasteiger partial charge in [-0.2, -0.15) is 0 Å². The minimum Gasteiger partial charge on any atom is -0.398 e. The quantitative estimate of drug-likeness (QED) is 0.630. The normalized spacial score (nSPS) is 25.5. The van der Waals surface area contributed by atoms with Crippen LogP contribution in [-0.2, 0) is 0 Å². The van der Waals surface area contributed by atoms with E-state index in [1.54, 1.807) is 17.8 Å². The van der Waals surface area contributed by atoms with Gasteiger partial charge in [0, 0.05) is 15.8 Å². The maximum absolute atomic E-state index is 12.9. The third kappa shape index (κ3) is 3.36. The SMILES string of the molecule is Nc1cc(F)ccc1SC1CCCCCC1O. The van der Waals surface area contributed by atoms with Crippen LogP contribution >= 0.6 is 11.8 Å². The molecule has 0 radical (unpaired) electrons. The van der Waals surface area contributed by atoms with Crippen LogP contribution in [0.5, 0.6) is 0 Å². The number of nitrogens with two attached hydrogens (primary N) is 1. The Bertz CT molecular complexity index is 386. The molecule has 1 aliphatic carbocycles. The van der Waals surface area contributed by atoms with Gasteiger partial charge in [0.05, 0.1) is 6.10 Å². The Balaban J connectivity index is 2.08. The molecule has 1 aromatic carbocycles. The highest BCUT2D eigenvalue weighted by molar-refractivity contribution is 8.00. The predicted octanol–water partition coefficient (Wildman–Crippen LogP) is 3.19. The topological polar surface area (TPSA) is 46.2 Å². The van der Waals surface area contributed by atoms with E-state index in [0.717, 1.165) is 30.6 Å². The van der Waals surface area contributed by atoms with Gasteiger partial charge in [-0.1, -0.05) is 19.3 Å². The number of benzene rings is 1. The summed E-state index contributed by atoms with van der Waals surface area (Å²) in [4.78, 5) is 0.873. The number of aliphatic hydroxyl groups is 1. The molecule has 1 aliphatic rings. The fourth-order valence-electron chi connectivity index (χ4n) is 2.18. The average molecular weight is 255 g/mol. The first kappa shape index (κ1) is 12.7. The summed E-state index contributed by atoms with van der Waals surface area (Å²) in [7, 11) is 0. The first-order valence-corrected chi connectivity index (χ1v) is 6.94. The Morgan fingerprint density at radius 1 is 1.24 bits per heavy atom. The smallest absolute Gasteiger partial charge is 0.125 e. The molecule has 94 valence electrons. The largest absolute Gasteiger partial charge is 0.398 e. The van der Waals surface area contributed by atoms with Crippen LogP contribution in [0.1, 0.15) is 32.1 Å². The standard InChI is InChI=1S/C13H18FNOS/c14-9-6-7-12(10(15)8-9)17-13-5-3-1-2-4-11(13)16/h6-8,11,13,16H,1-5,15H2. The van der Waals surface area contributed by atoms with Gasteiger partial charge in [-0.05, 0) is 31.0 Å². The number of nitrogen functional groups attached to an aromatic ring is 1. The summed E-state index contributed by atoms with van der Waals surface area (Å²) in [5.74, 6) is -0.312. The van der Waals surface area contributed by atoms with Gasteiger partial charge < -0.3 is 10.8 Å². The molecule has 3 N–H and O–H groups in total. The highest BCUT2D eigenvalue weighted by Gasteiger charge is 2.23. The Labute approximate surface area is 105 Å². The Hall–Kier alpha value is -0.740. The molecule has 0 bridgehead atoms. The third-order valence-corrected chi connectivity index (χ3v) is 4.65. The molecule has 1 fully saturated rings. The molecule has 2 unspecified atom stereocenters. The lowest BCUT2D eigenvalue weighted by Crippen LogP contribution is -2.21. The number of rotatable bonds is 2. The van der Waals surface area contributed by atoms with E-state index >= 15 is 0 Å². The lowest BCUT2D eigenvalue weighted by Gasteiger charge is -2.20. The molecule has 1 aromatic rings. The summed E-state index contributed by atoms with van der Waals surface area (Å²) in [6, 6.07) is 4.46. The van der Waals surface area contributed by atoms with Gasteiger partial charge in [0.2, 0.25) is 0 Å². The molecular weight excluding hydrogens is 237 g/mol. The van der Waals surface area contributed by atoms with Crippen molar-refractivity contribution in [3.8, 4) is 0 Å². The molecule has 17 heavy (non-hydrogen) atoms. The van der Waals surface area contributed by atoms with E-state index < -0.39 is 0 Å². The molecule has 0 heterocycles. The number of hydrogen-bond donors (Lipinski definition) is 2. The van der Waals surface area contributed by atoms with Crippen LogP contribution in [0, 0.1) is 5.82 Å². The van der Waals surface area contributed by atoms with E-state index in [0.29, 0.717) is 5.69 Å². The second-order valence-corrected chi connectivity index (χ2v) is 5.82. The van der Waals surface area contributed by atoms with E-state index in [2.05, 4.69) is 0 Å². The maximum Gasteiger partial charge on any atom is 0.125 e. The van der Waals surface area contributed by atoms with Crippen LogP contribution in [0.25, 0.3) is 0 Å². The lowest BCUT2D eigenvalue weighted by molar-refractivity contribution is 0.163. The number of halogens is 1. The Morgan fingerprint density at radius 3 is 2.76 bits per heavy atom. The van der Waals surface area contributed by atoms with E-state index in [4.69, 9.17) is 5.73 Å². The van der Waals surface area contributed by atoms with Crippen LogP contribution in [0.4, 0.5) is 10.1 Å². The van der Waals surface area contributed by atoms with Crippen LogP contribution in [0.3, 0.4) is 0 Å². The number of anilines is 1. The fourth-order valence-corrected chi connectivity index (χ4v) is 3.43. The number of aliphatic hydroxyl groups excluding tert-OH is 1. The van der Waals surface area contributed by atoms with Gasteiger partial charge >= 0.3 is 0 Å². The summed E-state index contributed by atoms with van der Waals surface area (Å²) in [5, 5.41) is 10.2. The van der Waals surface area contributed by atoms with Crippen molar-refractivity contribution in [2.75, 3.05) is 5.73 Å². The Morgan fingerprint density at radius 2 is 2.00 bits per heavy atom. The van der Waals surface area contributed by atoms with Gasteiger partial charge in [0.15, 0.2) is 0 Å². The van der Waals surface area contributed by atoms with E-state index in [1.165, 1.54) is 18.6 Å². The fraction of sp³-hybridized carbons (Fsp3) is 0.538. The summed E-state index contributed by atoms with van der Waals surface area (Å²) in [5.41, 5.74) is 6.24. The van der Waals surface area contributed by atoms with Gasteiger partial charge in [-0.15, -0.1) is 11.8 Å². The van der Waals surface area contributed by atoms with Crippen LogP contribution in [-0.4, -0.2) is 16.5 Å². The predicted molar refractivity (Wildman–Crippen MR) is 69.5 cm³/mol. The summed E-state index contributed by atoms with van der Waals surface area (Å²) < 4.78 is 12.9. The highest BCUT2D eigenvalue weighted by atomic mass is 32.2. The first-order valence-electron chi connectivity index (χ1n) is 6.06. The van der Waals surface area contributed by atoms with Crippen molar-refractivity contribution >= 4 is 17.4 Å². The molecule has 1 saturated carbocycles. The minimum atomic E-state index is -0.312. The van der Waals surface area contributed by atoms with Crippen molar-refractivity contribution in [3.05, 3.63) is 24.0 Å². The molecule has 0 saturated heterocycles. The van der Waals surface area contributed by atoms with Gasteiger partial charge in [0.1, 0.15) is 5.82 Å². The zero-order chi connectivity index (χ0) is 12.3. The van der Waals surface area contributed by atoms with E-state index in [1.807, 2.05) is 0 Å². The molecule has 0 amide bonds. The zero-order valence-electron chi connectivity index (χ0n) is 9.73. The minimum absolute atomic E-state index is 0.185. The monoisotopic (exact) mass is 255 g/mol. The third-order valence-electron chi connectivity index (χ3n) is 3.17. The molecule has 4 heteroatoms. The second kappa shape index (κ2) is 5.74. The molecule has 2 rings (SSSR count). The summed E-state index contributed by atoms with van der Waals surface area (Å²) >= 11 is 1.58. The molecule has 2 atom stereocenters. The van der Waals surface area contributed by atoms with Crippen molar-refractivity contribution in [2.24, 2.45) is 0 Å². The zero-order valence-corrected chi connectivity index (χ0v) is 10.5. The van der Waals surface area contributed by atoms with Crippen molar-refractivity contribution in [2.45, 2.75) is 48.4 Å². The van der Waals surface area contributed by atoms with E-state index in [-0.39, 0.29) is 17.2 Å². The van der Waals surface area contributed by atoms with Crippen LogP contribution in [0.2, 0.25) is 0 Å². The molecule has 2 nitrogen and oxygen atoms in total. The summed E-state index contributed by atoms with van der Waals surface area (Å²) in [6.07, 6.45) is 5.02. The van der Waals surface area contributed by atoms with Gasteiger partial charge in [-0.3, -0.25) is 0 Å². The van der Waals surface area contributed by atoms with Crippen molar-refractivity contribution < 1.29 is 9.50 Å². The highest BCUT2D eigenvalue weighted by Crippen LogP contribution is 2.35. The number of thioether (sulfide) groups is 1. The molecule has 0 aromatic heterocycles. The van der Waals surface area contributed by atoms with Crippen molar-refractivity contribution in [1.29, 1.82) is 0 Å². The molecule has 0 aliphatic heterocycles. The van der Waals surface area contributed by atoms with Crippen LogP contribution in [0.15, 0.2) is 23.1 Å².